The fourth-order valence-corrected chi connectivity index (χ4v) is 2.24. The molecule has 0 bridgehead atoms. The monoisotopic (exact) mass is 213 g/mol. The van der Waals surface area contributed by atoms with Crippen LogP contribution in [0.3, 0.4) is 0 Å². The number of benzene rings is 1. The van der Waals surface area contributed by atoms with Crippen molar-refractivity contribution in [3.63, 3.8) is 0 Å². The van der Waals surface area contributed by atoms with E-state index in [0.29, 0.717) is 10.6 Å². The number of rotatable bonds is 1. The third kappa shape index (κ3) is 1.91. The molecule has 1 aromatic rings. The van der Waals surface area contributed by atoms with Gasteiger partial charge < -0.3 is 5.32 Å². The Labute approximate surface area is 88.3 Å². The average Bonchev–Trinajstić information content (AvgIpc) is 2.19. The number of hydrogen-bond acceptors (Lipinski definition) is 1. The molecule has 0 spiro atoms. The zero-order valence-electron chi connectivity index (χ0n) is 7.89. The third-order valence-electron chi connectivity index (χ3n) is 2.66. The number of piperidine rings is 1. The van der Waals surface area contributed by atoms with Gasteiger partial charge in [-0.15, -0.1) is 0 Å². The van der Waals surface area contributed by atoms with Crippen LogP contribution in [0.1, 0.15) is 30.9 Å². The highest BCUT2D eigenvalue weighted by Crippen LogP contribution is 2.30. The molecule has 1 fully saturated rings. The van der Waals surface area contributed by atoms with Crippen LogP contribution in [0.2, 0.25) is 5.02 Å². The van der Waals surface area contributed by atoms with Crippen molar-refractivity contribution < 1.29 is 4.39 Å². The van der Waals surface area contributed by atoms with Crippen LogP contribution in [0.25, 0.3) is 0 Å². The summed E-state index contributed by atoms with van der Waals surface area (Å²) in [7, 11) is 0. The number of hydrogen-bond donors (Lipinski definition) is 1. The molecule has 1 heterocycles. The van der Waals surface area contributed by atoms with Gasteiger partial charge in [0.2, 0.25) is 0 Å². The second-order valence-corrected chi connectivity index (χ2v) is 4.05. The third-order valence-corrected chi connectivity index (χ3v) is 2.99. The van der Waals surface area contributed by atoms with E-state index in [0.717, 1.165) is 19.4 Å². The Morgan fingerprint density at radius 1 is 1.36 bits per heavy atom. The van der Waals surface area contributed by atoms with E-state index in [1.807, 2.05) is 0 Å². The van der Waals surface area contributed by atoms with Gasteiger partial charge >= 0.3 is 0 Å². The van der Waals surface area contributed by atoms with Crippen molar-refractivity contribution >= 4 is 11.6 Å². The van der Waals surface area contributed by atoms with Gasteiger partial charge in [0.15, 0.2) is 0 Å². The number of nitrogens with one attached hydrogen (secondary N) is 1. The van der Waals surface area contributed by atoms with Crippen molar-refractivity contribution in [2.45, 2.75) is 25.3 Å². The summed E-state index contributed by atoms with van der Waals surface area (Å²) in [5, 5.41) is 3.82. The molecule has 0 saturated carbocycles. The van der Waals surface area contributed by atoms with Gasteiger partial charge in [-0.25, -0.2) is 4.39 Å². The lowest BCUT2D eigenvalue weighted by molar-refractivity contribution is 0.400. The van der Waals surface area contributed by atoms with E-state index in [2.05, 4.69) is 5.32 Å². The minimum absolute atomic E-state index is 0.0949. The maximum Gasteiger partial charge on any atom is 0.129 e. The summed E-state index contributed by atoms with van der Waals surface area (Å²) in [6, 6.07) is 4.95. The molecule has 0 unspecified atom stereocenters. The second kappa shape index (κ2) is 4.28. The first-order valence-corrected chi connectivity index (χ1v) is 5.34. The normalized spacial score (nSPS) is 22.3. The van der Waals surface area contributed by atoms with E-state index in [1.54, 1.807) is 12.1 Å². The topological polar surface area (TPSA) is 12.0 Å². The molecule has 0 aromatic heterocycles. The largest absolute Gasteiger partial charge is 0.310 e. The average molecular weight is 214 g/mol. The number of halogens is 2. The summed E-state index contributed by atoms with van der Waals surface area (Å²) in [6.45, 7) is 0.954. The van der Waals surface area contributed by atoms with Crippen molar-refractivity contribution in [1.82, 2.24) is 5.32 Å². The molecule has 1 saturated heterocycles. The molecule has 1 aromatic carbocycles. The van der Waals surface area contributed by atoms with E-state index in [-0.39, 0.29) is 11.9 Å². The van der Waals surface area contributed by atoms with Crippen LogP contribution in [0.4, 0.5) is 4.39 Å². The first-order valence-electron chi connectivity index (χ1n) is 4.96. The minimum atomic E-state index is -0.197. The van der Waals surface area contributed by atoms with E-state index >= 15 is 0 Å². The fourth-order valence-electron chi connectivity index (χ4n) is 1.94. The molecule has 1 atom stereocenters. The van der Waals surface area contributed by atoms with Crippen LogP contribution in [-0.2, 0) is 0 Å². The summed E-state index contributed by atoms with van der Waals surface area (Å²) < 4.78 is 13.5. The van der Waals surface area contributed by atoms with E-state index in [1.165, 1.54) is 12.5 Å². The van der Waals surface area contributed by atoms with Gasteiger partial charge in [0, 0.05) is 16.6 Å². The molecule has 14 heavy (non-hydrogen) atoms. The summed E-state index contributed by atoms with van der Waals surface area (Å²) in [4.78, 5) is 0. The molecule has 0 aliphatic carbocycles. The van der Waals surface area contributed by atoms with Crippen LogP contribution in [0.5, 0.6) is 0 Å². The van der Waals surface area contributed by atoms with Gasteiger partial charge in [0.25, 0.3) is 0 Å². The second-order valence-electron chi connectivity index (χ2n) is 3.64. The highest BCUT2D eigenvalue weighted by Gasteiger charge is 2.20. The Bertz CT molecular complexity index is 301. The lowest BCUT2D eigenvalue weighted by atomic mass is 9.97. The quantitative estimate of drug-likeness (QED) is 0.755. The summed E-state index contributed by atoms with van der Waals surface area (Å²) in [6.07, 6.45) is 3.28. The fraction of sp³-hybridized carbons (Fsp3) is 0.455. The van der Waals surface area contributed by atoms with Crippen LogP contribution in [-0.4, -0.2) is 6.54 Å². The molecule has 2 rings (SSSR count). The van der Waals surface area contributed by atoms with Gasteiger partial charge in [-0.3, -0.25) is 0 Å². The Morgan fingerprint density at radius 3 is 2.86 bits per heavy atom. The predicted octanol–water partition coefficient (Wildman–Crippen LogP) is 3.29. The summed E-state index contributed by atoms with van der Waals surface area (Å²) in [5.41, 5.74) is 0.633. The van der Waals surface area contributed by atoms with Gasteiger partial charge in [0.05, 0.1) is 0 Å². The summed E-state index contributed by atoms with van der Waals surface area (Å²) >= 11 is 5.98. The van der Waals surface area contributed by atoms with Crippen molar-refractivity contribution in [2.24, 2.45) is 0 Å². The smallest absolute Gasteiger partial charge is 0.129 e. The Hall–Kier alpha value is -0.600. The van der Waals surface area contributed by atoms with Crippen LogP contribution in [0, 0.1) is 5.82 Å². The zero-order valence-corrected chi connectivity index (χ0v) is 8.65. The Kier molecular flexibility index (Phi) is 3.04. The van der Waals surface area contributed by atoms with Gasteiger partial charge in [-0.2, -0.15) is 0 Å². The van der Waals surface area contributed by atoms with Gasteiger partial charge in [-0.1, -0.05) is 24.1 Å². The first-order chi connectivity index (χ1) is 6.79. The van der Waals surface area contributed by atoms with E-state index < -0.39 is 0 Å². The molecule has 0 radical (unpaired) electrons. The standard InChI is InChI=1S/C11H13ClFN/c12-8-4-3-5-9(13)11(8)10-6-1-2-7-14-10/h3-5,10,14H,1-2,6-7H2/t10-/m0/s1. The lowest BCUT2D eigenvalue weighted by Crippen LogP contribution is -2.27. The highest BCUT2D eigenvalue weighted by molar-refractivity contribution is 6.31. The van der Waals surface area contributed by atoms with E-state index in [9.17, 15) is 4.39 Å². The van der Waals surface area contributed by atoms with Crippen LogP contribution >= 0.6 is 11.6 Å². The van der Waals surface area contributed by atoms with Crippen molar-refractivity contribution in [3.05, 3.63) is 34.6 Å². The SMILES string of the molecule is Fc1cccc(Cl)c1[C@@H]1CCCCN1. The predicted molar refractivity (Wildman–Crippen MR) is 56.0 cm³/mol. The zero-order chi connectivity index (χ0) is 9.97. The molecule has 1 aliphatic heterocycles. The van der Waals surface area contributed by atoms with Crippen molar-refractivity contribution in [1.29, 1.82) is 0 Å². The Morgan fingerprint density at radius 2 is 2.21 bits per heavy atom. The first kappa shape index (κ1) is 9.94. The molecule has 76 valence electrons. The molecular weight excluding hydrogens is 201 g/mol. The molecule has 1 N–H and O–H groups in total. The maximum absolute atomic E-state index is 13.5. The van der Waals surface area contributed by atoms with Crippen molar-refractivity contribution in [2.75, 3.05) is 6.54 Å². The molecule has 1 nitrogen and oxygen atoms in total. The van der Waals surface area contributed by atoms with Crippen molar-refractivity contribution in [3.8, 4) is 0 Å². The molecular formula is C11H13ClFN. The maximum atomic E-state index is 13.5. The Balaban J connectivity index is 2.29. The lowest BCUT2D eigenvalue weighted by Gasteiger charge is -2.24. The van der Waals surface area contributed by atoms with Gasteiger partial charge in [-0.05, 0) is 31.5 Å². The molecule has 0 amide bonds. The van der Waals surface area contributed by atoms with Crippen LogP contribution < -0.4 is 5.32 Å². The minimum Gasteiger partial charge on any atom is -0.310 e. The summed E-state index contributed by atoms with van der Waals surface area (Å²) in [5.74, 6) is -0.197. The molecule has 1 aliphatic rings. The van der Waals surface area contributed by atoms with E-state index in [4.69, 9.17) is 11.6 Å². The van der Waals surface area contributed by atoms with Gasteiger partial charge in [0.1, 0.15) is 5.82 Å². The highest BCUT2D eigenvalue weighted by atomic mass is 35.5. The van der Waals surface area contributed by atoms with Crippen LogP contribution in [0.15, 0.2) is 18.2 Å². The molecule has 3 heteroatoms.